The molecule has 0 unspecified atom stereocenters. The standard InChI is InChI=1S/C17H11Cl4N3S/c1-9(10-2-5-13(19)15(21)6-10)23-24-17-22-16(8-25-17)12-4-3-11(18)7-14(12)20/h2-8H,1H3,(H,22,24)/b23-9+. The fraction of sp³-hybridized carbons (Fsp3) is 0.0588. The van der Waals surface area contributed by atoms with Gasteiger partial charge in [-0.3, -0.25) is 5.43 Å². The fourth-order valence-corrected chi connectivity index (χ4v) is 3.52. The molecule has 0 spiro atoms. The van der Waals surface area contributed by atoms with Gasteiger partial charge in [0.2, 0.25) is 5.13 Å². The van der Waals surface area contributed by atoms with E-state index in [1.165, 1.54) is 11.3 Å². The Morgan fingerprint density at radius 1 is 1.00 bits per heavy atom. The van der Waals surface area contributed by atoms with Gasteiger partial charge in [0.25, 0.3) is 0 Å². The molecule has 3 nitrogen and oxygen atoms in total. The van der Waals surface area contributed by atoms with Crippen molar-refractivity contribution in [3.8, 4) is 11.3 Å². The number of nitrogens with one attached hydrogen (secondary N) is 1. The average Bonchev–Trinajstić information content (AvgIpc) is 3.04. The maximum absolute atomic E-state index is 6.22. The van der Waals surface area contributed by atoms with E-state index in [0.29, 0.717) is 25.2 Å². The second-order valence-corrected chi connectivity index (χ2v) is 7.62. The molecule has 8 heteroatoms. The third-order valence-electron chi connectivity index (χ3n) is 3.37. The van der Waals surface area contributed by atoms with Crippen LogP contribution in [0.15, 0.2) is 46.9 Å². The summed E-state index contributed by atoms with van der Waals surface area (Å²) in [6, 6.07) is 10.7. The van der Waals surface area contributed by atoms with Crippen LogP contribution in [0.25, 0.3) is 11.3 Å². The minimum absolute atomic E-state index is 0.489. The van der Waals surface area contributed by atoms with E-state index in [4.69, 9.17) is 46.4 Å². The molecule has 0 saturated heterocycles. The van der Waals surface area contributed by atoms with Crippen LogP contribution >= 0.6 is 57.7 Å². The highest BCUT2D eigenvalue weighted by Gasteiger charge is 2.09. The molecule has 0 aliphatic rings. The summed E-state index contributed by atoms with van der Waals surface area (Å²) in [6.07, 6.45) is 0. The van der Waals surface area contributed by atoms with E-state index in [9.17, 15) is 0 Å². The average molecular weight is 431 g/mol. The zero-order valence-electron chi connectivity index (χ0n) is 12.9. The third kappa shape index (κ3) is 4.46. The van der Waals surface area contributed by atoms with E-state index < -0.39 is 0 Å². The molecule has 0 saturated carbocycles. The Balaban J connectivity index is 1.78. The van der Waals surface area contributed by atoms with Crippen molar-refractivity contribution in [2.24, 2.45) is 5.10 Å². The van der Waals surface area contributed by atoms with Crippen molar-refractivity contribution in [3.05, 3.63) is 67.4 Å². The lowest BCUT2D eigenvalue weighted by molar-refractivity contribution is 1.27. The van der Waals surface area contributed by atoms with Crippen LogP contribution in [0.3, 0.4) is 0 Å². The predicted molar refractivity (Wildman–Crippen MR) is 110 cm³/mol. The molecule has 2 aromatic carbocycles. The van der Waals surface area contributed by atoms with Crippen LogP contribution in [-0.2, 0) is 0 Å². The Labute approximate surface area is 169 Å². The molecule has 1 aromatic heterocycles. The van der Waals surface area contributed by atoms with Crippen LogP contribution in [0.4, 0.5) is 5.13 Å². The van der Waals surface area contributed by atoms with E-state index >= 15 is 0 Å². The Morgan fingerprint density at radius 2 is 1.80 bits per heavy atom. The molecule has 3 rings (SSSR count). The largest absolute Gasteiger partial charge is 0.252 e. The van der Waals surface area contributed by atoms with Crippen LogP contribution in [0.2, 0.25) is 20.1 Å². The molecule has 0 bridgehead atoms. The van der Waals surface area contributed by atoms with Gasteiger partial charge in [-0.05, 0) is 42.8 Å². The van der Waals surface area contributed by atoms with Crippen molar-refractivity contribution < 1.29 is 0 Å². The van der Waals surface area contributed by atoms with Gasteiger partial charge in [0.1, 0.15) is 0 Å². The molecular formula is C17H11Cl4N3S. The molecule has 25 heavy (non-hydrogen) atoms. The topological polar surface area (TPSA) is 37.3 Å². The summed E-state index contributed by atoms with van der Waals surface area (Å²) in [6.45, 7) is 1.87. The smallest absolute Gasteiger partial charge is 0.203 e. The number of benzene rings is 2. The van der Waals surface area contributed by atoms with Gasteiger partial charge in [-0.2, -0.15) is 5.10 Å². The first-order valence-corrected chi connectivity index (χ1v) is 9.50. The molecule has 1 heterocycles. The normalized spacial score (nSPS) is 11.6. The highest BCUT2D eigenvalue weighted by Crippen LogP contribution is 2.32. The number of aromatic nitrogens is 1. The van der Waals surface area contributed by atoms with Crippen LogP contribution in [0.1, 0.15) is 12.5 Å². The number of hydrogen-bond donors (Lipinski definition) is 1. The number of halogens is 4. The zero-order valence-corrected chi connectivity index (χ0v) is 16.7. The van der Waals surface area contributed by atoms with Crippen molar-refractivity contribution in [3.63, 3.8) is 0 Å². The number of thiazole rings is 1. The summed E-state index contributed by atoms with van der Waals surface area (Å²) < 4.78 is 0. The van der Waals surface area contributed by atoms with Gasteiger partial charge in [0, 0.05) is 16.0 Å². The minimum atomic E-state index is 0.489. The minimum Gasteiger partial charge on any atom is -0.252 e. The van der Waals surface area contributed by atoms with E-state index in [1.807, 2.05) is 24.4 Å². The second-order valence-electron chi connectivity index (χ2n) is 5.10. The Kier molecular flexibility index (Phi) is 5.87. The zero-order chi connectivity index (χ0) is 18.0. The molecule has 0 fully saturated rings. The monoisotopic (exact) mass is 429 g/mol. The van der Waals surface area contributed by atoms with E-state index in [-0.39, 0.29) is 0 Å². The lowest BCUT2D eigenvalue weighted by Gasteiger charge is -2.03. The predicted octanol–water partition coefficient (Wildman–Crippen LogP) is 7.26. The maximum Gasteiger partial charge on any atom is 0.203 e. The summed E-state index contributed by atoms with van der Waals surface area (Å²) in [5.41, 5.74) is 6.17. The van der Waals surface area contributed by atoms with Gasteiger partial charge in [0.15, 0.2) is 0 Å². The molecule has 128 valence electrons. The number of hydrogen-bond acceptors (Lipinski definition) is 4. The van der Waals surface area contributed by atoms with Gasteiger partial charge < -0.3 is 0 Å². The number of hydrazone groups is 1. The molecular weight excluding hydrogens is 420 g/mol. The fourth-order valence-electron chi connectivity index (χ4n) is 2.06. The van der Waals surface area contributed by atoms with Crippen molar-refractivity contribution in [1.29, 1.82) is 0 Å². The van der Waals surface area contributed by atoms with E-state index in [2.05, 4.69) is 15.5 Å². The van der Waals surface area contributed by atoms with Crippen molar-refractivity contribution in [1.82, 2.24) is 4.98 Å². The first kappa shape index (κ1) is 18.5. The quantitative estimate of drug-likeness (QED) is 0.349. The van der Waals surface area contributed by atoms with Crippen LogP contribution in [-0.4, -0.2) is 10.7 Å². The summed E-state index contributed by atoms with van der Waals surface area (Å²) in [5, 5.41) is 9.04. The van der Waals surface area contributed by atoms with Crippen molar-refractivity contribution in [2.45, 2.75) is 6.92 Å². The first-order valence-electron chi connectivity index (χ1n) is 7.10. The molecule has 0 amide bonds. The molecule has 0 radical (unpaired) electrons. The lowest BCUT2D eigenvalue weighted by Crippen LogP contribution is -1.99. The molecule has 0 aliphatic carbocycles. The summed E-state index contributed by atoms with van der Waals surface area (Å²) in [7, 11) is 0. The van der Waals surface area contributed by atoms with Crippen LogP contribution in [0, 0.1) is 0 Å². The highest BCUT2D eigenvalue weighted by molar-refractivity contribution is 7.14. The number of nitrogens with zero attached hydrogens (tertiary/aromatic N) is 2. The molecule has 1 N–H and O–H groups in total. The highest BCUT2D eigenvalue weighted by atomic mass is 35.5. The summed E-state index contributed by atoms with van der Waals surface area (Å²) in [5.74, 6) is 0. The SMILES string of the molecule is C/C(=N\Nc1nc(-c2ccc(Cl)cc2Cl)cs1)c1ccc(Cl)c(Cl)c1. The Hall–Kier alpha value is -1.30. The Bertz CT molecular complexity index is 953. The number of rotatable bonds is 4. The molecule has 3 aromatic rings. The number of anilines is 1. The third-order valence-corrected chi connectivity index (χ3v) is 5.40. The molecule has 0 atom stereocenters. The van der Waals surface area contributed by atoms with Crippen LogP contribution < -0.4 is 5.43 Å². The van der Waals surface area contributed by atoms with Gasteiger partial charge in [-0.1, -0.05) is 52.5 Å². The summed E-state index contributed by atoms with van der Waals surface area (Å²) >= 11 is 25.5. The van der Waals surface area contributed by atoms with Gasteiger partial charge in [-0.25, -0.2) is 4.98 Å². The lowest BCUT2D eigenvalue weighted by atomic mass is 10.1. The van der Waals surface area contributed by atoms with Crippen molar-refractivity contribution in [2.75, 3.05) is 5.43 Å². The maximum atomic E-state index is 6.22. The van der Waals surface area contributed by atoms with Crippen LogP contribution in [0.5, 0.6) is 0 Å². The van der Waals surface area contributed by atoms with E-state index in [1.54, 1.807) is 24.3 Å². The second kappa shape index (κ2) is 7.94. The summed E-state index contributed by atoms with van der Waals surface area (Å²) in [4.78, 5) is 4.49. The van der Waals surface area contributed by atoms with Crippen molar-refractivity contribution >= 4 is 68.6 Å². The van der Waals surface area contributed by atoms with Gasteiger partial charge in [-0.15, -0.1) is 11.3 Å². The van der Waals surface area contributed by atoms with Gasteiger partial charge in [0.05, 0.1) is 26.5 Å². The van der Waals surface area contributed by atoms with E-state index in [0.717, 1.165) is 22.5 Å². The first-order chi connectivity index (χ1) is 11.9. The molecule has 0 aliphatic heterocycles. The van der Waals surface area contributed by atoms with Gasteiger partial charge >= 0.3 is 0 Å². The Morgan fingerprint density at radius 3 is 2.52 bits per heavy atom.